The van der Waals surface area contributed by atoms with E-state index in [2.05, 4.69) is 5.32 Å². The van der Waals surface area contributed by atoms with Crippen molar-refractivity contribution in [2.75, 3.05) is 12.3 Å². The maximum absolute atomic E-state index is 11.8. The molecule has 0 heterocycles. The molecule has 0 aliphatic carbocycles. The van der Waals surface area contributed by atoms with Crippen LogP contribution < -0.4 is 11.1 Å². The number of aliphatic carboxylic acids is 1. The van der Waals surface area contributed by atoms with Crippen molar-refractivity contribution in [3.8, 4) is 0 Å². The van der Waals surface area contributed by atoms with Gasteiger partial charge in [0.1, 0.15) is 6.04 Å². The summed E-state index contributed by atoms with van der Waals surface area (Å²) < 4.78 is 0. The van der Waals surface area contributed by atoms with E-state index in [0.29, 0.717) is 5.56 Å². The highest BCUT2D eigenvalue weighted by Gasteiger charge is 2.21. The number of nitrogens with one attached hydrogen (secondary N) is 1. The first-order valence-electron chi connectivity index (χ1n) is 5.49. The minimum absolute atomic E-state index is 0.0468. The number of carbonyl (C=O) groups excluding carboxylic acids is 2. The zero-order valence-corrected chi connectivity index (χ0v) is 10.9. The van der Waals surface area contributed by atoms with Crippen molar-refractivity contribution in [1.82, 2.24) is 5.32 Å². The topological polar surface area (TPSA) is 109 Å². The largest absolute Gasteiger partial charge is 0.480 e. The Morgan fingerprint density at radius 1 is 1.26 bits per heavy atom. The van der Waals surface area contributed by atoms with E-state index in [9.17, 15) is 14.4 Å². The maximum atomic E-state index is 11.8. The van der Waals surface area contributed by atoms with Gasteiger partial charge in [-0.1, -0.05) is 42.1 Å². The lowest BCUT2D eigenvalue weighted by Crippen LogP contribution is -2.45. The standard InChI is InChI=1S/C12H14N2O4S/c13-6-10(15)14-9(11(16)17)7-19-12(18)8-4-2-1-3-5-8/h1-5,9H,6-7,13H2,(H,14,15)(H,16,17)/t9-/m0/s1. The predicted octanol–water partition coefficient (Wildman–Crippen LogP) is 0.0881. The lowest BCUT2D eigenvalue weighted by Gasteiger charge is -2.12. The highest BCUT2D eigenvalue weighted by Crippen LogP contribution is 2.13. The van der Waals surface area contributed by atoms with E-state index in [4.69, 9.17) is 10.8 Å². The van der Waals surface area contributed by atoms with Gasteiger partial charge in [-0.2, -0.15) is 0 Å². The number of thioether (sulfide) groups is 1. The Hall–Kier alpha value is -1.86. The third-order valence-corrected chi connectivity index (χ3v) is 3.21. The number of carboxylic acid groups (broad SMARTS) is 1. The molecule has 7 heteroatoms. The fraction of sp³-hybridized carbons (Fsp3) is 0.250. The molecule has 0 unspecified atom stereocenters. The van der Waals surface area contributed by atoms with E-state index < -0.39 is 17.9 Å². The Bertz CT molecular complexity index is 464. The molecule has 1 aromatic carbocycles. The summed E-state index contributed by atoms with van der Waals surface area (Å²) in [7, 11) is 0. The molecule has 6 nitrogen and oxygen atoms in total. The van der Waals surface area contributed by atoms with Crippen molar-refractivity contribution in [3.63, 3.8) is 0 Å². The van der Waals surface area contributed by atoms with Gasteiger partial charge in [0.05, 0.1) is 6.54 Å². The van der Waals surface area contributed by atoms with Crippen LogP contribution in [-0.4, -0.2) is 40.4 Å². The third kappa shape index (κ3) is 5.11. The van der Waals surface area contributed by atoms with E-state index in [1.165, 1.54) is 0 Å². The number of benzene rings is 1. The number of hydrogen-bond acceptors (Lipinski definition) is 5. The van der Waals surface area contributed by atoms with Crippen LogP contribution in [0.25, 0.3) is 0 Å². The first-order chi connectivity index (χ1) is 9.04. The lowest BCUT2D eigenvalue weighted by atomic mass is 10.2. The molecule has 0 aliphatic rings. The predicted molar refractivity (Wildman–Crippen MR) is 71.9 cm³/mol. The summed E-state index contributed by atoms with van der Waals surface area (Å²) in [6, 6.07) is 7.38. The number of rotatable bonds is 6. The van der Waals surface area contributed by atoms with Crippen LogP contribution >= 0.6 is 11.8 Å². The van der Waals surface area contributed by atoms with Crippen LogP contribution in [0.2, 0.25) is 0 Å². The van der Waals surface area contributed by atoms with Crippen LogP contribution in [0.1, 0.15) is 10.4 Å². The van der Waals surface area contributed by atoms with Gasteiger partial charge in [0, 0.05) is 11.3 Å². The molecule has 0 spiro atoms. The molecule has 1 atom stereocenters. The second-order valence-corrected chi connectivity index (χ2v) is 4.62. The molecule has 1 rings (SSSR count). The van der Waals surface area contributed by atoms with Crippen LogP contribution in [0.4, 0.5) is 0 Å². The number of hydrogen-bond donors (Lipinski definition) is 3. The van der Waals surface area contributed by atoms with E-state index in [0.717, 1.165) is 11.8 Å². The number of nitrogens with two attached hydrogens (primary N) is 1. The van der Waals surface area contributed by atoms with Gasteiger partial charge in [-0.15, -0.1) is 0 Å². The lowest BCUT2D eigenvalue weighted by molar-refractivity contribution is -0.140. The molecule has 0 aromatic heterocycles. The molecule has 0 bridgehead atoms. The van der Waals surface area contributed by atoms with Gasteiger partial charge in [-0.3, -0.25) is 9.59 Å². The Balaban J connectivity index is 2.55. The van der Waals surface area contributed by atoms with Gasteiger partial charge in [0.2, 0.25) is 11.0 Å². The molecule has 4 N–H and O–H groups in total. The van der Waals surface area contributed by atoms with Gasteiger partial charge in [0.15, 0.2) is 0 Å². The monoisotopic (exact) mass is 282 g/mol. The molecule has 1 amide bonds. The summed E-state index contributed by atoms with van der Waals surface area (Å²) >= 11 is 0.843. The van der Waals surface area contributed by atoms with Crippen LogP contribution in [-0.2, 0) is 9.59 Å². The van der Waals surface area contributed by atoms with E-state index in [1.54, 1.807) is 30.3 Å². The number of amides is 1. The quantitative estimate of drug-likeness (QED) is 0.682. The van der Waals surface area contributed by atoms with Crippen LogP contribution in [0.15, 0.2) is 30.3 Å². The second-order valence-electron chi connectivity index (χ2n) is 3.63. The summed E-state index contributed by atoms with van der Waals surface area (Å²) in [5.74, 6) is -1.82. The minimum Gasteiger partial charge on any atom is -0.480 e. The van der Waals surface area contributed by atoms with Gasteiger partial charge in [-0.05, 0) is 0 Å². The van der Waals surface area contributed by atoms with E-state index in [-0.39, 0.29) is 17.4 Å². The zero-order chi connectivity index (χ0) is 14.3. The first-order valence-corrected chi connectivity index (χ1v) is 6.47. The second kappa shape index (κ2) is 7.55. The SMILES string of the molecule is NCC(=O)N[C@@H](CSC(=O)c1ccccc1)C(=O)O. The van der Waals surface area contributed by atoms with Gasteiger partial charge in [-0.25, -0.2) is 4.79 Å². The summed E-state index contributed by atoms with van der Waals surface area (Å²) in [5, 5.41) is 10.9. The van der Waals surface area contributed by atoms with Crippen molar-refractivity contribution < 1.29 is 19.5 Å². The van der Waals surface area contributed by atoms with Gasteiger partial charge >= 0.3 is 5.97 Å². The molecular formula is C12H14N2O4S. The fourth-order valence-corrected chi connectivity index (χ4v) is 2.09. The average Bonchev–Trinajstić information content (AvgIpc) is 2.43. The molecule has 0 saturated heterocycles. The van der Waals surface area contributed by atoms with Gasteiger partial charge in [0.25, 0.3) is 0 Å². The highest BCUT2D eigenvalue weighted by atomic mass is 32.2. The molecule has 19 heavy (non-hydrogen) atoms. The van der Waals surface area contributed by atoms with E-state index in [1.807, 2.05) is 0 Å². The van der Waals surface area contributed by atoms with Crippen LogP contribution in [0.3, 0.4) is 0 Å². The Morgan fingerprint density at radius 2 is 1.89 bits per heavy atom. The van der Waals surface area contributed by atoms with Crippen LogP contribution in [0, 0.1) is 0 Å². The molecule has 0 saturated carbocycles. The van der Waals surface area contributed by atoms with Crippen molar-refractivity contribution in [3.05, 3.63) is 35.9 Å². The molecular weight excluding hydrogens is 268 g/mol. The Kier molecular flexibility index (Phi) is 6.04. The molecule has 0 aliphatic heterocycles. The number of carboxylic acids is 1. The van der Waals surface area contributed by atoms with Crippen molar-refractivity contribution >= 4 is 28.8 Å². The zero-order valence-electron chi connectivity index (χ0n) is 10.0. The smallest absolute Gasteiger partial charge is 0.327 e. The summed E-state index contributed by atoms with van der Waals surface area (Å²) in [5.41, 5.74) is 5.58. The fourth-order valence-electron chi connectivity index (χ4n) is 1.24. The summed E-state index contributed by atoms with van der Waals surface area (Å²) in [4.78, 5) is 33.7. The first kappa shape index (κ1) is 15.2. The molecule has 1 aromatic rings. The summed E-state index contributed by atoms with van der Waals surface area (Å²) in [6.45, 7) is -0.291. The molecule has 102 valence electrons. The van der Waals surface area contributed by atoms with Crippen molar-refractivity contribution in [1.29, 1.82) is 0 Å². The summed E-state index contributed by atoms with van der Waals surface area (Å²) in [6.07, 6.45) is 0. The Labute approximate surface area is 114 Å². The van der Waals surface area contributed by atoms with Crippen LogP contribution in [0.5, 0.6) is 0 Å². The van der Waals surface area contributed by atoms with Crippen molar-refractivity contribution in [2.24, 2.45) is 5.73 Å². The normalized spacial score (nSPS) is 11.6. The average molecular weight is 282 g/mol. The molecule has 0 fully saturated rings. The third-order valence-electron chi connectivity index (χ3n) is 2.21. The maximum Gasteiger partial charge on any atom is 0.327 e. The Morgan fingerprint density at radius 3 is 2.42 bits per heavy atom. The highest BCUT2D eigenvalue weighted by molar-refractivity contribution is 8.14. The minimum atomic E-state index is -1.20. The van der Waals surface area contributed by atoms with Crippen molar-refractivity contribution in [2.45, 2.75) is 6.04 Å². The molecule has 0 radical (unpaired) electrons. The van der Waals surface area contributed by atoms with Gasteiger partial charge < -0.3 is 16.2 Å². The number of carbonyl (C=O) groups is 3. The van der Waals surface area contributed by atoms with E-state index >= 15 is 0 Å².